The number of pyridine rings is 1. The molecule has 1 saturated carbocycles. The van der Waals surface area contributed by atoms with Crippen molar-refractivity contribution in [2.75, 3.05) is 5.32 Å². The number of nitrogens with zero attached hydrogens (tertiary/aromatic N) is 1. The van der Waals surface area contributed by atoms with Crippen LogP contribution in [0.4, 0.5) is 5.69 Å². The first-order chi connectivity index (χ1) is 6.25. The van der Waals surface area contributed by atoms with Crippen LogP contribution in [0.3, 0.4) is 0 Å². The Hall–Kier alpha value is -0.760. The second kappa shape index (κ2) is 3.54. The van der Waals surface area contributed by atoms with Crippen LogP contribution in [-0.2, 0) is 0 Å². The Morgan fingerprint density at radius 1 is 1.46 bits per heavy atom. The molecule has 2 rings (SSSR count). The molecule has 3 heteroatoms. The van der Waals surface area contributed by atoms with Gasteiger partial charge in [0, 0.05) is 6.04 Å². The standard InChI is InChI=1S/C10H13ClN2/c1-7-9(5-6-10(11)12-7)13-8-3-2-4-8/h5-6,8,13H,2-4H2,1H3. The number of halogens is 1. The fourth-order valence-electron chi connectivity index (χ4n) is 1.46. The Balaban J connectivity index is 2.10. The van der Waals surface area contributed by atoms with E-state index in [4.69, 9.17) is 11.6 Å². The molecule has 0 spiro atoms. The molecule has 1 aromatic heterocycles. The summed E-state index contributed by atoms with van der Waals surface area (Å²) in [5.41, 5.74) is 2.11. The van der Waals surface area contributed by atoms with Crippen molar-refractivity contribution in [1.29, 1.82) is 0 Å². The molecule has 1 aromatic rings. The summed E-state index contributed by atoms with van der Waals surface area (Å²) in [6.07, 6.45) is 3.90. The van der Waals surface area contributed by atoms with Crippen LogP contribution in [-0.4, -0.2) is 11.0 Å². The number of aryl methyl sites for hydroxylation is 1. The number of aromatic nitrogens is 1. The van der Waals surface area contributed by atoms with E-state index in [-0.39, 0.29) is 0 Å². The lowest BCUT2D eigenvalue weighted by molar-refractivity contribution is 0.445. The average molecular weight is 197 g/mol. The lowest BCUT2D eigenvalue weighted by atomic mass is 9.93. The van der Waals surface area contributed by atoms with Crippen LogP contribution in [0, 0.1) is 6.92 Å². The topological polar surface area (TPSA) is 24.9 Å². The molecule has 70 valence electrons. The summed E-state index contributed by atoms with van der Waals surface area (Å²) in [7, 11) is 0. The third-order valence-corrected chi connectivity index (χ3v) is 2.73. The normalized spacial score (nSPS) is 16.8. The van der Waals surface area contributed by atoms with Gasteiger partial charge in [-0.25, -0.2) is 4.98 Å². The van der Waals surface area contributed by atoms with Crippen LogP contribution >= 0.6 is 11.6 Å². The minimum atomic E-state index is 0.566. The third-order valence-electron chi connectivity index (χ3n) is 2.52. The molecule has 1 aliphatic rings. The second-order valence-corrected chi connectivity index (χ2v) is 3.93. The number of hydrogen-bond donors (Lipinski definition) is 1. The maximum Gasteiger partial charge on any atom is 0.129 e. The van der Waals surface area contributed by atoms with Gasteiger partial charge in [-0.2, -0.15) is 0 Å². The predicted octanol–water partition coefficient (Wildman–Crippen LogP) is 3.01. The zero-order valence-corrected chi connectivity index (χ0v) is 8.43. The first-order valence-electron chi connectivity index (χ1n) is 4.65. The van der Waals surface area contributed by atoms with Gasteiger partial charge in [0.2, 0.25) is 0 Å². The molecular weight excluding hydrogens is 184 g/mol. The van der Waals surface area contributed by atoms with E-state index in [2.05, 4.69) is 10.3 Å². The van der Waals surface area contributed by atoms with Gasteiger partial charge in [0.1, 0.15) is 5.15 Å². The number of hydrogen-bond acceptors (Lipinski definition) is 2. The molecule has 1 aliphatic carbocycles. The van der Waals surface area contributed by atoms with Crippen LogP contribution in [0.2, 0.25) is 5.15 Å². The first-order valence-corrected chi connectivity index (χ1v) is 5.03. The molecule has 1 heterocycles. The maximum absolute atomic E-state index is 5.76. The fraction of sp³-hybridized carbons (Fsp3) is 0.500. The summed E-state index contributed by atoms with van der Waals surface area (Å²) >= 11 is 5.76. The summed E-state index contributed by atoms with van der Waals surface area (Å²) in [5, 5.41) is 4.02. The molecule has 0 aliphatic heterocycles. The largest absolute Gasteiger partial charge is 0.381 e. The van der Waals surface area contributed by atoms with E-state index in [0.29, 0.717) is 11.2 Å². The van der Waals surface area contributed by atoms with Crippen molar-refractivity contribution in [2.24, 2.45) is 0 Å². The Bertz CT molecular complexity index is 308. The Labute approximate surface area is 83.3 Å². The zero-order chi connectivity index (χ0) is 9.26. The number of anilines is 1. The molecule has 0 aromatic carbocycles. The van der Waals surface area contributed by atoms with Crippen molar-refractivity contribution in [3.8, 4) is 0 Å². The minimum Gasteiger partial charge on any atom is -0.381 e. The van der Waals surface area contributed by atoms with Gasteiger partial charge in [-0.15, -0.1) is 0 Å². The predicted molar refractivity (Wildman–Crippen MR) is 55.2 cm³/mol. The summed E-state index contributed by atoms with van der Waals surface area (Å²) in [6.45, 7) is 1.98. The summed E-state index contributed by atoms with van der Waals surface area (Å²) < 4.78 is 0. The third kappa shape index (κ3) is 1.94. The minimum absolute atomic E-state index is 0.566. The van der Waals surface area contributed by atoms with E-state index in [0.717, 1.165) is 11.4 Å². The van der Waals surface area contributed by atoms with Crippen molar-refractivity contribution in [3.63, 3.8) is 0 Å². The summed E-state index contributed by atoms with van der Waals surface area (Å²) in [6, 6.07) is 4.49. The van der Waals surface area contributed by atoms with Gasteiger partial charge >= 0.3 is 0 Å². The highest BCUT2D eigenvalue weighted by molar-refractivity contribution is 6.29. The average Bonchev–Trinajstić information content (AvgIpc) is 1.99. The molecular formula is C10H13ClN2. The van der Waals surface area contributed by atoms with Crippen LogP contribution in [0.1, 0.15) is 25.0 Å². The van der Waals surface area contributed by atoms with Crippen LogP contribution < -0.4 is 5.32 Å². The maximum atomic E-state index is 5.76. The molecule has 2 nitrogen and oxygen atoms in total. The Kier molecular flexibility index (Phi) is 2.40. The van der Waals surface area contributed by atoms with Crippen molar-refractivity contribution < 1.29 is 0 Å². The monoisotopic (exact) mass is 196 g/mol. The SMILES string of the molecule is Cc1nc(Cl)ccc1NC1CCC1. The highest BCUT2D eigenvalue weighted by atomic mass is 35.5. The summed E-state index contributed by atoms with van der Waals surface area (Å²) in [5.74, 6) is 0. The molecule has 0 saturated heterocycles. The van der Waals surface area contributed by atoms with Crippen molar-refractivity contribution >= 4 is 17.3 Å². The Morgan fingerprint density at radius 3 is 2.77 bits per heavy atom. The molecule has 1 fully saturated rings. The van der Waals surface area contributed by atoms with Gasteiger partial charge < -0.3 is 5.32 Å². The molecule has 0 unspecified atom stereocenters. The Morgan fingerprint density at radius 2 is 2.23 bits per heavy atom. The van der Waals surface area contributed by atoms with Gasteiger partial charge in [0.05, 0.1) is 11.4 Å². The number of rotatable bonds is 2. The molecule has 0 bridgehead atoms. The highest BCUT2D eigenvalue weighted by Gasteiger charge is 2.17. The first kappa shape index (κ1) is 8.82. The van der Waals surface area contributed by atoms with Crippen LogP contribution in [0.15, 0.2) is 12.1 Å². The molecule has 13 heavy (non-hydrogen) atoms. The zero-order valence-electron chi connectivity index (χ0n) is 7.68. The number of nitrogens with one attached hydrogen (secondary N) is 1. The molecule has 0 atom stereocenters. The van der Waals surface area contributed by atoms with Crippen LogP contribution in [0.25, 0.3) is 0 Å². The van der Waals surface area contributed by atoms with Crippen LogP contribution in [0.5, 0.6) is 0 Å². The smallest absolute Gasteiger partial charge is 0.129 e. The van der Waals surface area contributed by atoms with E-state index >= 15 is 0 Å². The van der Waals surface area contributed by atoms with Gasteiger partial charge in [-0.05, 0) is 38.3 Å². The summed E-state index contributed by atoms with van der Waals surface area (Å²) in [4.78, 5) is 4.19. The van der Waals surface area contributed by atoms with E-state index in [1.165, 1.54) is 19.3 Å². The molecule has 0 amide bonds. The van der Waals surface area contributed by atoms with E-state index in [9.17, 15) is 0 Å². The van der Waals surface area contributed by atoms with Crippen molar-refractivity contribution in [3.05, 3.63) is 23.0 Å². The van der Waals surface area contributed by atoms with Gasteiger partial charge in [0.15, 0.2) is 0 Å². The van der Waals surface area contributed by atoms with Gasteiger partial charge in [-0.3, -0.25) is 0 Å². The fourth-order valence-corrected chi connectivity index (χ4v) is 1.65. The lowest BCUT2D eigenvalue weighted by Crippen LogP contribution is -2.27. The van der Waals surface area contributed by atoms with Crippen molar-refractivity contribution in [2.45, 2.75) is 32.2 Å². The molecule has 0 radical (unpaired) electrons. The highest BCUT2D eigenvalue weighted by Crippen LogP contribution is 2.25. The van der Waals surface area contributed by atoms with Gasteiger partial charge in [-0.1, -0.05) is 11.6 Å². The second-order valence-electron chi connectivity index (χ2n) is 3.54. The van der Waals surface area contributed by atoms with E-state index in [1.54, 1.807) is 0 Å². The van der Waals surface area contributed by atoms with E-state index in [1.807, 2.05) is 19.1 Å². The van der Waals surface area contributed by atoms with Crippen molar-refractivity contribution in [1.82, 2.24) is 4.98 Å². The van der Waals surface area contributed by atoms with Gasteiger partial charge in [0.25, 0.3) is 0 Å². The molecule has 1 N–H and O–H groups in total. The van der Waals surface area contributed by atoms with E-state index < -0.39 is 0 Å². The lowest BCUT2D eigenvalue weighted by Gasteiger charge is -2.28. The quantitative estimate of drug-likeness (QED) is 0.736.